The Morgan fingerprint density at radius 3 is 2.81 bits per heavy atom. The Labute approximate surface area is 239 Å². The number of rotatable bonds is 7. The van der Waals surface area contributed by atoms with E-state index in [1.807, 2.05) is 6.07 Å². The smallest absolute Gasteiger partial charge is 0.352 e. The van der Waals surface area contributed by atoms with Gasteiger partial charge in [-0.15, -0.1) is 23.1 Å². The molecule has 1 saturated heterocycles. The number of fused-ring (bicyclic) bond motifs is 1. The third-order valence-electron chi connectivity index (χ3n) is 5.58. The molecule has 5 heterocycles. The van der Waals surface area contributed by atoms with Crippen molar-refractivity contribution in [3.8, 4) is 11.3 Å². The summed E-state index contributed by atoms with van der Waals surface area (Å²) in [5, 5.41) is 25.7. The Hall–Kier alpha value is -3.24. The first-order valence-electron chi connectivity index (χ1n) is 10.4. The molecular weight excluding hydrogens is 531 g/mol. The number of nitrogens with two attached hydrogens (primary N) is 1. The van der Waals surface area contributed by atoms with Gasteiger partial charge >= 0.3 is 5.97 Å². The number of nitrogens with zero attached hydrogens (tertiary/aromatic N) is 6. The maximum atomic E-state index is 12.9. The van der Waals surface area contributed by atoms with Crippen molar-refractivity contribution in [2.24, 2.45) is 5.16 Å². The van der Waals surface area contributed by atoms with Crippen molar-refractivity contribution < 1.29 is 24.7 Å². The van der Waals surface area contributed by atoms with Gasteiger partial charge in [-0.2, -0.15) is 0 Å². The van der Waals surface area contributed by atoms with Gasteiger partial charge in [-0.05, 0) is 17.7 Å². The first-order valence-corrected chi connectivity index (χ1v) is 12.4. The number of thioether (sulfide) groups is 1. The average Bonchev–Trinajstić information content (AvgIpc) is 3.52. The number of thiazole rings is 1. The molecule has 1 radical (unpaired) electrons. The van der Waals surface area contributed by atoms with Crippen LogP contribution in [0.2, 0.25) is 0 Å². The summed E-state index contributed by atoms with van der Waals surface area (Å²) in [6, 6.07) is 2.67. The van der Waals surface area contributed by atoms with E-state index in [1.165, 1.54) is 22.0 Å². The summed E-state index contributed by atoms with van der Waals surface area (Å²) in [4.78, 5) is 51.2. The fraction of sp³-hybridized carbons (Fsp3) is 0.190. The number of aromatic nitrogens is 4. The number of amides is 2. The number of aliphatic carboxylic acids is 1. The number of nitrogen functional groups attached to an aromatic ring is 1. The molecule has 185 valence electrons. The molecule has 13 nitrogen and oxygen atoms in total. The van der Waals surface area contributed by atoms with Crippen LogP contribution in [0.25, 0.3) is 11.3 Å². The van der Waals surface area contributed by atoms with Gasteiger partial charge in [0.2, 0.25) is 0 Å². The van der Waals surface area contributed by atoms with Crippen molar-refractivity contribution in [2.45, 2.75) is 18.0 Å². The molecule has 0 saturated carbocycles. The molecule has 2 aliphatic heterocycles. The zero-order valence-corrected chi connectivity index (χ0v) is 22.9. The fourth-order valence-corrected chi connectivity index (χ4v) is 5.84. The van der Waals surface area contributed by atoms with Gasteiger partial charge in [0.25, 0.3) is 11.8 Å². The van der Waals surface area contributed by atoms with Crippen molar-refractivity contribution in [3.63, 3.8) is 0 Å². The average molecular weight is 550 g/mol. The Morgan fingerprint density at radius 2 is 2.16 bits per heavy atom. The molecule has 5 N–H and O–H groups in total. The summed E-state index contributed by atoms with van der Waals surface area (Å²) < 4.78 is 1.74. The van der Waals surface area contributed by atoms with E-state index in [4.69, 9.17) is 5.73 Å². The van der Waals surface area contributed by atoms with E-state index >= 15 is 0 Å². The van der Waals surface area contributed by atoms with Gasteiger partial charge in [0.05, 0.1) is 12.0 Å². The Balaban J connectivity index is 0.00000320. The van der Waals surface area contributed by atoms with Gasteiger partial charge in [-0.25, -0.2) is 14.8 Å². The number of oxime groups is 1. The molecule has 2 atom stereocenters. The Kier molecular flexibility index (Phi) is 7.99. The first-order chi connectivity index (χ1) is 17.4. The first kappa shape index (κ1) is 26.8. The third kappa shape index (κ3) is 5.13. The topological polar surface area (TPSA) is 189 Å². The van der Waals surface area contributed by atoms with Crippen LogP contribution in [-0.4, -0.2) is 105 Å². The van der Waals surface area contributed by atoms with E-state index in [0.29, 0.717) is 17.0 Å². The molecule has 0 bridgehead atoms. The van der Waals surface area contributed by atoms with Gasteiger partial charge in [-0.3, -0.25) is 19.5 Å². The second kappa shape index (κ2) is 11.0. The van der Waals surface area contributed by atoms with Crippen LogP contribution in [0.4, 0.5) is 5.13 Å². The number of anilines is 1. The van der Waals surface area contributed by atoms with E-state index in [0.717, 1.165) is 16.9 Å². The van der Waals surface area contributed by atoms with Crippen LogP contribution in [0.1, 0.15) is 5.69 Å². The number of hydrogen-bond acceptors (Lipinski definition) is 11. The van der Waals surface area contributed by atoms with Crippen LogP contribution in [0.15, 0.2) is 58.9 Å². The molecule has 1 unspecified atom stereocenters. The van der Waals surface area contributed by atoms with Gasteiger partial charge in [-0.1, -0.05) is 5.16 Å². The summed E-state index contributed by atoms with van der Waals surface area (Å²) in [7, 11) is 0. The Morgan fingerprint density at radius 1 is 1.35 bits per heavy atom. The van der Waals surface area contributed by atoms with E-state index in [2.05, 4.69) is 25.4 Å². The molecule has 3 aromatic rings. The number of carbonyl (C=O) groups excluding carboxylic acids is 2. The summed E-state index contributed by atoms with van der Waals surface area (Å²) in [5.41, 5.74) is 7.17. The van der Waals surface area contributed by atoms with Gasteiger partial charge in [0.1, 0.15) is 22.8 Å². The molecule has 1 fully saturated rings. The Bertz CT molecular complexity index is 1420. The number of hydrogen-bond donors (Lipinski definition) is 4. The van der Waals surface area contributed by atoms with Crippen molar-refractivity contribution >= 4 is 81.3 Å². The number of imidazole rings is 1. The SMILES string of the molecule is Nc1nc(/C(=N/O)C(=O)N[C@@H]2C(=O)N3C(C(=O)O)=C(Cn4cnc(-c5cccnc5)c4)CSC23)cs1.[Na]. The van der Waals surface area contributed by atoms with Crippen molar-refractivity contribution in [1.29, 1.82) is 0 Å². The molecular formula is C21H18N8NaO5S2. The molecule has 0 aromatic carbocycles. The molecule has 5 rings (SSSR count). The van der Waals surface area contributed by atoms with E-state index in [9.17, 15) is 24.7 Å². The molecule has 0 spiro atoms. The number of carboxylic acid groups (broad SMARTS) is 1. The van der Waals surface area contributed by atoms with Crippen LogP contribution in [0.3, 0.4) is 0 Å². The number of carbonyl (C=O) groups is 3. The maximum absolute atomic E-state index is 12.9. The van der Waals surface area contributed by atoms with Crippen molar-refractivity contribution in [3.05, 3.63) is 59.4 Å². The zero-order chi connectivity index (χ0) is 25.4. The van der Waals surface area contributed by atoms with Gasteiger partial charge in [0.15, 0.2) is 10.8 Å². The molecule has 0 aliphatic carbocycles. The van der Waals surface area contributed by atoms with Gasteiger partial charge in [0, 0.05) is 71.4 Å². The normalized spacial score (nSPS) is 19.1. The largest absolute Gasteiger partial charge is 0.477 e. The monoisotopic (exact) mass is 549 g/mol. The second-order valence-corrected chi connectivity index (χ2v) is 9.81. The predicted octanol–water partition coefficient (Wildman–Crippen LogP) is 0.220. The van der Waals surface area contributed by atoms with E-state index in [-0.39, 0.29) is 52.6 Å². The molecule has 2 amide bonds. The molecule has 16 heteroatoms. The second-order valence-electron chi connectivity index (χ2n) is 7.81. The number of carboxylic acids is 1. The minimum absolute atomic E-state index is 0. The molecule has 3 aromatic heterocycles. The third-order valence-corrected chi connectivity index (χ3v) is 7.59. The van der Waals surface area contributed by atoms with E-state index < -0.39 is 34.9 Å². The molecule has 2 aliphatic rings. The summed E-state index contributed by atoms with van der Waals surface area (Å²) in [6.45, 7) is 0.224. The minimum atomic E-state index is -1.24. The van der Waals surface area contributed by atoms with Crippen molar-refractivity contribution in [2.75, 3.05) is 11.5 Å². The number of β-lactam (4-membered cyclic amide) rings is 1. The molecule has 37 heavy (non-hydrogen) atoms. The van der Waals surface area contributed by atoms with Gasteiger partial charge < -0.3 is 25.9 Å². The van der Waals surface area contributed by atoms with Crippen LogP contribution in [-0.2, 0) is 20.9 Å². The van der Waals surface area contributed by atoms with Crippen molar-refractivity contribution in [1.82, 2.24) is 29.7 Å². The van der Waals surface area contributed by atoms with Crippen LogP contribution < -0.4 is 11.1 Å². The number of pyridine rings is 1. The van der Waals surface area contributed by atoms with E-state index in [1.54, 1.807) is 35.6 Å². The fourth-order valence-electron chi connectivity index (χ4n) is 3.95. The van der Waals surface area contributed by atoms with Crippen LogP contribution in [0.5, 0.6) is 0 Å². The number of nitrogens with one attached hydrogen (secondary N) is 1. The van der Waals surface area contributed by atoms with Crippen LogP contribution >= 0.6 is 23.1 Å². The minimum Gasteiger partial charge on any atom is -0.477 e. The standard InChI is InChI=1S/C21H18N8O5S2.Na/c22-21-25-13(8-36-21)14(27-34)17(30)26-15-18(31)29-16(20(32)33)11(7-35-19(15)29)5-28-6-12(24-9-28)10-2-1-3-23-4-10;/h1-4,6,8-9,15,19,34H,5,7H2,(H2,22,25)(H,26,30)(H,32,33);/b27-14-;/t15-,19?;/m1./s1. The predicted molar refractivity (Wildman–Crippen MR) is 136 cm³/mol. The maximum Gasteiger partial charge on any atom is 0.352 e. The summed E-state index contributed by atoms with van der Waals surface area (Å²) >= 11 is 2.39. The summed E-state index contributed by atoms with van der Waals surface area (Å²) in [5.74, 6) is -2.31. The quantitative estimate of drug-likeness (QED) is 0.104. The van der Waals surface area contributed by atoms with Crippen LogP contribution in [0, 0.1) is 0 Å². The zero-order valence-electron chi connectivity index (χ0n) is 19.3. The summed E-state index contributed by atoms with van der Waals surface area (Å²) in [6.07, 6.45) is 6.71.